The van der Waals surface area contributed by atoms with Gasteiger partial charge in [0.05, 0.1) is 11.4 Å². The molecule has 2 aliphatic rings. The third-order valence-electron chi connectivity index (χ3n) is 8.06. The Morgan fingerprint density at radius 1 is 0.447 bits per heavy atom. The highest BCUT2D eigenvalue weighted by Gasteiger charge is 2.30. The molecule has 6 aromatic rings. The summed E-state index contributed by atoms with van der Waals surface area (Å²) in [5.41, 5.74) is 14.2. The van der Waals surface area contributed by atoms with Crippen LogP contribution in [-0.4, -0.2) is 24.1 Å². The van der Waals surface area contributed by atoms with Crippen molar-refractivity contribution < 1.29 is 0 Å². The summed E-state index contributed by atoms with van der Waals surface area (Å²) in [5, 5.41) is 2.62. The quantitative estimate of drug-likeness (QED) is 0.245. The van der Waals surface area contributed by atoms with Gasteiger partial charge in [-0.25, -0.2) is 0 Å². The van der Waals surface area contributed by atoms with Crippen molar-refractivity contribution in [2.75, 3.05) is 23.9 Å². The standard InChI is InChI=1S/C34H24N4/c1-37-29-15-16-30-34-26(24-12-10-22(20-32(24)38(30)2)28-8-4-6-18-36-28)14-13-25(33(29)34)23-11-9-21(19-31(23)37)27-7-3-5-17-35-27/h3-20H,1-2H3. The van der Waals surface area contributed by atoms with E-state index in [1.165, 1.54) is 55.8 Å². The first kappa shape index (κ1) is 21.2. The van der Waals surface area contributed by atoms with Crippen LogP contribution in [-0.2, 0) is 0 Å². The number of hydrogen-bond acceptors (Lipinski definition) is 4. The first-order chi connectivity index (χ1) is 18.7. The van der Waals surface area contributed by atoms with Crippen molar-refractivity contribution in [3.05, 3.63) is 109 Å². The molecule has 0 amide bonds. The Labute approximate surface area is 221 Å². The van der Waals surface area contributed by atoms with Gasteiger partial charge in [0.15, 0.2) is 0 Å². The average molecular weight is 489 g/mol. The van der Waals surface area contributed by atoms with Gasteiger partial charge in [-0.05, 0) is 59.7 Å². The van der Waals surface area contributed by atoms with Gasteiger partial charge in [-0.2, -0.15) is 0 Å². The van der Waals surface area contributed by atoms with Gasteiger partial charge < -0.3 is 9.80 Å². The number of hydrogen-bond donors (Lipinski definition) is 0. The summed E-state index contributed by atoms with van der Waals surface area (Å²) in [6.07, 6.45) is 3.70. The second kappa shape index (κ2) is 7.77. The van der Waals surface area contributed by atoms with Crippen molar-refractivity contribution in [2.24, 2.45) is 0 Å². The molecule has 0 spiro atoms. The van der Waals surface area contributed by atoms with Crippen LogP contribution in [0.15, 0.2) is 109 Å². The Balaban J connectivity index is 1.34. The maximum absolute atomic E-state index is 4.57. The highest BCUT2D eigenvalue weighted by molar-refractivity contribution is 6.22. The van der Waals surface area contributed by atoms with Crippen LogP contribution in [0, 0.1) is 0 Å². The van der Waals surface area contributed by atoms with E-state index < -0.39 is 0 Å². The van der Waals surface area contributed by atoms with Crippen molar-refractivity contribution in [1.29, 1.82) is 0 Å². The molecule has 0 atom stereocenters. The molecule has 0 fully saturated rings. The number of aromatic nitrogens is 2. The largest absolute Gasteiger partial charge is 0.344 e. The highest BCUT2D eigenvalue weighted by atomic mass is 15.1. The van der Waals surface area contributed by atoms with E-state index in [9.17, 15) is 0 Å². The number of fused-ring (bicyclic) bond motifs is 4. The molecule has 0 saturated carbocycles. The molecule has 4 aromatic carbocycles. The third-order valence-corrected chi connectivity index (χ3v) is 8.06. The van der Waals surface area contributed by atoms with E-state index in [2.05, 4.69) is 107 Å². The minimum atomic E-state index is 0.989. The Morgan fingerprint density at radius 3 is 1.32 bits per heavy atom. The van der Waals surface area contributed by atoms with Crippen LogP contribution in [0.4, 0.5) is 22.7 Å². The molecule has 0 bridgehead atoms. The number of pyridine rings is 2. The fourth-order valence-electron chi connectivity index (χ4n) is 6.19. The Kier molecular flexibility index (Phi) is 4.32. The van der Waals surface area contributed by atoms with Crippen molar-refractivity contribution in [1.82, 2.24) is 9.97 Å². The maximum atomic E-state index is 4.57. The Hall–Kier alpha value is -4.96. The molecule has 0 radical (unpaired) electrons. The van der Waals surface area contributed by atoms with E-state index in [0.717, 1.165) is 22.5 Å². The van der Waals surface area contributed by atoms with E-state index in [4.69, 9.17) is 0 Å². The van der Waals surface area contributed by atoms with Crippen LogP contribution in [0.1, 0.15) is 0 Å². The maximum Gasteiger partial charge on any atom is 0.0702 e. The molecule has 2 aliphatic heterocycles. The molecular formula is C34H24N4. The highest BCUT2D eigenvalue weighted by Crippen LogP contribution is 2.55. The van der Waals surface area contributed by atoms with E-state index in [-0.39, 0.29) is 0 Å². The van der Waals surface area contributed by atoms with Crippen LogP contribution in [0.5, 0.6) is 0 Å². The lowest BCUT2D eigenvalue weighted by molar-refractivity contribution is 1.19. The lowest BCUT2D eigenvalue weighted by Gasteiger charge is -2.36. The van der Waals surface area contributed by atoms with Gasteiger partial charge in [-0.1, -0.05) is 48.5 Å². The van der Waals surface area contributed by atoms with Crippen LogP contribution in [0.25, 0.3) is 55.5 Å². The zero-order valence-electron chi connectivity index (χ0n) is 21.2. The molecule has 0 saturated heterocycles. The molecule has 180 valence electrons. The monoisotopic (exact) mass is 488 g/mol. The van der Waals surface area contributed by atoms with Gasteiger partial charge in [0.25, 0.3) is 0 Å². The lowest BCUT2D eigenvalue weighted by Crippen LogP contribution is -2.19. The van der Waals surface area contributed by atoms with Crippen molar-refractivity contribution in [3.63, 3.8) is 0 Å². The molecular weight excluding hydrogens is 464 g/mol. The minimum Gasteiger partial charge on any atom is -0.344 e. The SMILES string of the molecule is CN1c2cc(-c3ccccn3)ccc2-c2ccc3c4c(ccc1c24)N(C)c1cc(-c2ccccn2)ccc1-3. The Morgan fingerprint density at radius 2 is 0.895 bits per heavy atom. The summed E-state index contributed by atoms with van der Waals surface area (Å²) in [6, 6.07) is 34.7. The summed E-state index contributed by atoms with van der Waals surface area (Å²) in [4.78, 5) is 13.8. The van der Waals surface area contributed by atoms with Crippen molar-refractivity contribution in [3.8, 4) is 44.8 Å². The van der Waals surface area contributed by atoms with Crippen LogP contribution in [0.3, 0.4) is 0 Å². The summed E-state index contributed by atoms with van der Waals surface area (Å²) in [7, 11) is 4.35. The third kappa shape index (κ3) is 2.86. The van der Waals surface area contributed by atoms with Crippen LogP contribution >= 0.6 is 0 Å². The van der Waals surface area contributed by atoms with Gasteiger partial charge >= 0.3 is 0 Å². The van der Waals surface area contributed by atoms with Gasteiger partial charge in [0.1, 0.15) is 0 Å². The molecule has 4 heterocycles. The second-order valence-electron chi connectivity index (χ2n) is 10.0. The average Bonchev–Trinajstić information content (AvgIpc) is 2.99. The second-order valence-corrected chi connectivity index (χ2v) is 10.0. The van der Waals surface area contributed by atoms with Gasteiger partial charge in [0, 0.05) is 82.3 Å². The topological polar surface area (TPSA) is 32.3 Å². The first-order valence-electron chi connectivity index (χ1n) is 12.9. The van der Waals surface area contributed by atoms with Gasteiger partial charge in [0.2, 0.25) is 0 Å². The number of rotatable bonds is 2. The molecule has 4 nitrogen and oxygen atoms in total. The summed E-state index contributed by atoms with van der Waals surface area (Å²) in [5.74, 6) is 0. The van der Waals surface area contributed by atoms with E-state index in [1.54, 1.807) is 0 Å². The van der Waals surface area contributed by atoms with E-state index >= 15 is 0 Å². The smallest absolute Gasteiger partial charge is 0.0702 e. The number of nitrogens with zero attached hydrogens (tertiary/aromatic N) is 4. The predicted molar refractivity (Wildman–Crippen MR) is 157 cm³/mol. The summed E-state index contributed by atoms with van der Waals surface area (Å²) >= 11 is 0. The van der Waals surface area contributed by atoms with Crippen molar-refractivity contribution >= 4 is 33.5 Å². The normalized spacial score (nSPS) is 12.9. The van der Waals surface area contributed by atoms with Gasteiger partial charge in [-0.3, -0.25) is 9.97 Å². The first-order valence-corrected chi connectivity index (χ1v) is 12.9. The van der Waals surface area contributed by atoms with Crippen molar-refractivity contribution in [2.45, 2.75) is 0 Å². The summed E-state index contributed by atoms with van der Waals surface area (Å²) < 4.78 is 0. The van der Waals surface area contributed by atoms with Gasteiger partial charge in [-0.15, -0.1) is 0 Å². The summed E-state index contributed by atoms with van der Waals surface area (Å²) in [6.45, 7) is 0. The number of benzene rings is 4. The minimum absolute atomic E-state index is 0.989. The van der Waals surface area contributed by atoms with E-state index in [0.29, 0.717) is 0 Å². The molecule has 2 aromatic heterocycles. The lowest BCUT2D eigenvalue weighted by atomic mass is 9.84. The zero-order chi connectivity index (χ0) is 25.4. The molecule has 0 aliphatic carbocycles. The molecule has 0 unspecified atom stereocenters. The number of anilines is 4. The van der Waals surface area contributed by atoms with Crippen LogP contribution < -0.4 is 9.80 Å². The Bertz CT molecular complexity index is 1750. The zero-order valence-corrected chi connectivity index (χ0v) is 21.2. The fraction of sp³-hybridized carbons (Fsp3) is 0.0588. The van der Waals surface area contributed by atoms with E-state index in [1.807, 2.05) is 36.7 Å². The molecule has 8 rings (SSSR count). The molecule has 38 heavy (non-hydrogen) atoms. The fourth-order valence-corrected chi connectivity index (χ4v) is 6.19. The molecule has 4 heteroatoms. The van der Waals surface area contributed by atoms with Crippen LogP contribution in [0.2, 0.25) is 0 Å². The molecule has 0 N–H and O–H groups in total. The predicted octanol–water partition coefficient (Wildman–Crippen LogP) is 8.46.